The van der Waals surface area contributed by atoms with E-state index in [1.165, 1.54) is 0 Å². The molecule has 0 bridgehead atoms. The molecule has 6 nitrogen and oxygen atoms in total. The second-order valence-electron chi connectivity index (χ2n) is 4.90. The summed E-state index contributed by atoms with van der Waals surface area (Å²) in [6.07, 6.45) is 0. The molecule has 7 heteroatoms. The van der Waals surface area contributed by atoms with Gasteiger partial charge >= 0.3 is 0 Å². The molecule has 0 aromatic heterocycles. The van der Waals surface area contributed by atoms with Gasteiger partial charge in [0.2, 0.25) is 5.91 Å². The van der Waals surface area contributed by atoms with Crippen LogP contribution in [0.4, 0.5) is 5.69 Å². The first-order valence-corrected chi connectivity index (χ1v) is 7.94. The number of anilines is 1. The van der Waals surface area contributed by atoms with Crippen LogP contribution in [0.2, 0.25) is 0 Å². The van der Waals surface area contributed by atoms with Gasteiger partial charge in [-0.2, -0.15) is 0 Å². The highest BCUT2D eigenvalue weighted by Crippen LogP contribution is 2.11. The third-order valence-electron chi connectivity index (χ3n) is 3.15. The number of nitrogens with one attached hydrogen (secondary N) is 3. The van der Waals surface area contributed by atoms with Crippen molar-refractivity contribution in [2.45, 2.75) is 0 Å². The minimum Gasteiger partial charge on any atom is -0.355 e. The molecule has 0 fully saturated rings. The third-order valence-corrected chi connectivity index (χ3v) is 3.65. The predicted molar refractivity (Wildman–Crippen MR) is 94.9 cm³/mol. The van der Waals surface area contributed by atoms with Gasteiger partial charge in [0.05, 0.1) is 6.54 Å². The summed E-state index contributed by atoms with van der Waals surface area (Å²) in [5.74, 6) is -0.887. The summed E-state index contributed by atoms with van der Waals surface area (Å²) in [5.41, 5.74) is 1.51. The van der Waals surface area contributed by atoms with Crippen LogP contribution in [0.5, 0.6) is 0 Å². The molecule has 3 amide bonds. The quantitative estimate of drug-likeness (QED) is 0.732. The topological polar surface area (TPSA) is 87.3 Å². The summed E-state index contributed by atoms with van der Waals surface area (Å²) in [4.78, 5) is 35.3. The number of hydrogen-bond donors (Lipinski definition) is 3. The zero-order valence-corrected chi connectivity index (χ0v) is 14.5. The van der Waals surface area contributed by atoms with Crippen LogP contribution in [0.25, 0.3) is 0 Å². The average Bonchev–Trinajstić information content (AvgIpc) is 2.59. The number of hydrogen-bond acceptors (Lipinski definition) is 3. The molecule has 0 radical (unpaired) electrons. The number of halogens is 1. The number of carbonyl (C=O) groups excluding carboxylic acids is 3. The van der Waals surface area contributed by atoms with E-state index in [4.69, 9.17) is 0 Å². The van der Waals surface area contributed by atoms with E-state index in [2.05, 4.69) is 31.9 Å². The first kappa shape index (κ1) is 17.7. The molecule has 0 aliphatic carbocycles. The largest absolute Gasteiger partial charge is 0.355 e. The lowest BCUT2D eigenvalue weighted by Crippen LogP contribution is -2.32. The maximum absolute atomic E-state index is 12.0. The zero-order chi connectivity index (χ0) is 17.5. The summed E-state index contributed by atoms with van der Waals surface area (Å²) in [5, 5.41) is 7.72. The minimum absolute atomic E-state index is 0.150. The van der Waals surface area contributed by atoms with Gasteiger partial charge in [0.1, 0.15) is 0 Å². The minimum atomic E-state index is -0.356. The van der Waals surface area contributed by atoms with Crippen LogP contribution >= 0.6 is 15.9 Å². The Bertz CT molecular complexity index is 760. The molecule has 0 atom stereocenters. The molecule has 24 heavy (non-hydrogen) atoms. The molecule has 0 unspecified atom stereocenters. The fourth-order valence-electron chi connectivity index (χ4n) is 1.95. The average molecular weight is 390 g/mol. The number of benzene rings is 2. The molecule has 0 aliphatic heterocycles. The van der Waals surface area contributed by atoms with Crippen molar-refractivity contribution in [2.24, 2.45) is 0 Å². The van der Waals surface area contributed by atoms with E-state index >= 15 is 0 Å². The summed E-state index contributed by atoms with van der Waals surface area (Å²) < 4.78 is 0.788. The van der Waals surface area contributed by atoms with E-state index in [0.29, 0.717) is 16.8 Å². The summed E-state index contributed by atoms with van der Waals surface area (Å²) in [6, 6.07) is 13.3. The Kier molecular flexibility index (Phi) is 6.08. The van der Waals surface area contributed by atoms with Gasteiger partial charge < -0.3 is 16.0 Å². The van der Waals surface area contributed by atoms with E-state index in [-0.39, 0.29) is 24.3 Å². The Balaban J connectivity index is 1.87. The van der Waals surface area contributed by atoms with Crippen LogP contribution in [-0.4, -0.2) is 31.3 Å². The molecule has 0 aliphatic rings. The van der Waals surface area contributed by atoms with Crippen molar-refractivity contribution in [2.75, 3.05) is 18.9 Å². The first-order chi connectivity index (χ1) is 11.5. The fraction of sp³-hybridized carbons (Fsp3) is 0.118. The number of amides is 3. The monoisotopic (exact) mass is 389 g/mol. The SMILES string of the molecule is CNC(=O)c1ccc(NC(=O)CNC(=O)c2cccc(Br)c2)cc1. The summed E-state index contributed by atoms with van der Waals surface area (Å²) >= 11 is 3.29. The van der Waals surface area contributed by atoms with E-state index in [9.17, 15) is 14.4 Å². The predicted octanol–water partition coefficient (Wildman–Crippen LogP) is 2.18. The molecule has 0 spiro atoms. The molecular weight excluding hydrogens is 374 g/mol. The van der Waals surface area contributed by atoms with Crippen LogP contribution in [0.3, 0.4) is 0 Å². The standard InChI is InChI=1S/C17H16BrN3O3/c1-19-16(23)11-5-7-14(8-6-11)21-15(22)10-20-17(24)12-3-2-4-13(18)9-12/h2-9H,10H2,1H3,(H,19,23)(H,20,24)(H,21,22). The van der Waals surface area contributed by atoms with E-state index < -0.39 is 0 Å². The van der Waals surface area contributed by atoms with Gasteiger partial charge in [-0.15, -0.1) is 0 Å². The molecule has 0 saturated heterocycles. The van der Waals surface area contributed by atoms with Crippen molar-refractivity contribution in [3.63, 3.8) is 0 Å². The normalized spacial score (nSPS) is 9.92. The Labute approximate surface area is 147 Å². The molecule has 0 saturated carbocycles. The Morgan fingerprint density at radius 1 is 0.958 bits per heavy atom. The van der Waals surface area contributed by atoms with Crippen molar-refractivity contribution in [1.82, 2.24) is 10.6 Å². The smallest absolute Gasteiger partial charge is 0.251 e. The lowest BCUT2D eigenvalue weighted by Gasteiger charge is -2.08. The second-order valence-corrected chi connectivity index (χ2v) is 5.81. The molecule has 124 valence electrons. The van der Waals surface area contributed by atoms with Crippen molar-refractivity contribution in [3.05, 3.63) is 64.1 Å². The summed E-state index contributed by atoms with van der Waals surface area (Å²) in [6.45, 7) is -0.150. The Morgan fingerprint density at radius 3 is 2.29 bits per heavy atom. The van der Waals surface area contributed by atoms with Crippen LogP contribution in [-0.2, 0) is 4.79 Å². The highest BCUT2D eigenvalue weighted by Gasteiger charge is 2.09. The molecule has 2 rings (SSSR count). The van der Waals surface area contributed by atoms with Crippen molar-refractivity contribution in [3.8, 4) is 0 Å². The summed E-state index contributed by atoms with van der Waals surface area (Å²) in [7, 11) is 1.55. The highest BCUT2D eigenvalue weighted by molar-refractivity contribution is 9.10. The van der Waals surface area contributed by atoms with Crippen molar-refractivity contribution < 1.29 is 14.4 Å². The second kappa shape index (κ2) is 8.26. The number of rotatable bonds is 5. The Morgan fingerprint density at radius 2 is 1.67 bits per heavy atom. The Hall–Kier alpha value is -2.67. The van der Waals surface area contributed by atoms with Crippen molar-refractivity contribution in [1.29, 1.82) is 0 Å². The van der Waals surface area contributed by atoms with Crippen molar-refractivity contribution >= 4 is 39.3 Å². The van der Waals surface area contributed by atoms with E-state index in [1.54, 1.807) is 49.5 Å². The lowest BCUT2D eigenvalue weighted by molar-refractivity contribution is -0.115. The van der Waals surface area contributed by atoms with E-state index in [1.807, 2.05) is 6.07 Å². The molecule has 2 aromatic carbocycles. The maximum Gasteiger partial charge on any atom is 0.251 e. The number of carbonyl (C=O) groups is 3. The maximum atomic E-state index is 12.0. The fourth-order valence-corrected chi connectivity index (χ4v) is 2.35. The van der Waals surface area contributed by atoms with Gasteiger partial charge in [0.25, 0.3) is 11.8 Å². The van der Waals surface area contributed by atoms with Crippen LogP contribution in [0.15, 0.2) is 53.0 Å². The van der Waals surface area contributed by atoms with Gasteiger partial charge in [-0.25, -0.2) is 0 Å². The van der Waals surface area contributed by atoms with Gasteiger partial charge in [0, 0.05) is 28.3 Å². The van der Waals surface area contributed by atoms with Gasteiger partial charge in [-0.3, -0.25) is 14.4 Å². The third kappa shape index (κ3) is 4.92. The molecule has 3 N–H and O–H groups in total. The van der Waals surface area contributed by atoms with Crippen LogP contribution in [0.1, 0.15) is 20.7 Å². The highest BCUT2D eigenvalue weighted by atomic mass is 79.9. The van der Waals surface area contributed by atoms with Crippen LogP contribution < -0.4 is 16.0 Å². The van der Waals surface area contributed by atoms with Crippen LogP contribution in [0, 0.1) is 0 Å². The lowest BCUT2D eigenvalue weighted by atomic mass is 10.2. The van der Waals surface area contributed by atoms with Gasteiger partial charge in [-0.1, -0.05) is 22.0 Å². The molecule has 2 aromatic rings. The molecular formula is C17H16BrN3O3. The van der Waals surface area contributed by atoms with E-state index in [0.717, 1.165) is 4.47 Å². The van der Waals surface area contributed by atoms with Gasteiger partial charge in [-0.05, 0) is 42.5 Å². The first-order valence-electron chi connectivity index (χ1n) is 7.15. The molecule has 0 heterocycles. The zero-order valence-electron chi connectivity index (χ0n) is 12.9. The van der Waals surface area contributed by atoms with Gasteiger partial charge in [0.15, 0.2) is 0 Å².